The maximum atomic E-state index is 6.37. The minimum Gasteiger partial charge on any atom is -0.456 e. The van der Waals surface area contributed by atoms with E-state index in [1.807, 2.05) is 18.2 Å². The minimum atomic E-state index is 0.686. The number of hydrogen-bond donors (Lipinski definition) is 0. The standard InChI is InChI=1S/C50H32N2O/c1-4-14-33(15-5-1)38-28-39(37-25-26-47-44(31-37)49-42-22-11-10-18-35(42)24-27-48(49)53-47)30-40(29-38)45-32-46(52-50(51-45)36-19-8-3-9-20-36)43-23-13-12-21-41(43)34-16-6-2-7-17-34/h1-32H. The average molecular weight is 677 g/mol. The lowest BCUT2D eigenvalue weighted by molar-refractivity contribution is 0.669. The van der Waals surface area contributed by atoms with E-state index in [4.69, 9.17) is 14.4 Å². The molecule has 2 heterocycles. The van der Waals surface area contributed by atoms with Crippen LogP contribution in [0.4, 0.5) is 0 Å². The fraction of sp³-hybridized carbons (Fsp3) is 0. The van der Waals surface area contributed by atoms with E-state index in [-0.39, 0.29) is 0 Å². The molecule has 0 aliphatic heterocycles. The number of benzene rings is 8. The topological polar surface area (TPSA) is 38.9 Å². The third kappa shape index (κ3) is 5.65. The van der Waals surface area contributed by atoms with Crippen molar-refractivity contribution >= 4 is 32.7 Å². The number of aromatic nitrogens is 2. The molecule has 0 N–H and O–H groups in total. The molecule has 0 spiro atoms. The number of rotatable bonds is 6. The summed E-state index contributed by atoms with van der Waals surface area (Å²) < 4.78 is 6.37. The minimum absolute atomic E-state index is 0.686. The van der Waals surface area contributed by atoms with Gasteiger partial charge >= 0.3 is 0 Å². The van der Waals surface area contributed by atoms with Crippen LogP contribution in [0.15, 0.2) is 199 Å². The molecule has 0 saturated carbocycles. The molecule has 0 saturated heterocycles. The smallest absolute Gasteiger partial charge is 0.160 e. The second-order valence-electron chi connectivity index (χ2n) is 13.4. The Morgan fingerprint density at radius 2 is 0.906 bits per heavy atom. The van der Waals surface area contributed by atoms with Crippen LogP contribution in [0.25, 0.3) is 100.0 Å². The summed E-state index contributed by atoms with van der Waals surface area (Å²) in [5, 5.41) is 4.64. The van der Waals surface area contributed by atoms with Crippen LogP contribution in [0.5, 0.6) is 0 Å². The van der Waals surface area contributed by atoms with Crippen LogP contribution < -0.4 is 0 Å². The highest BCUT2D eigenvalue weighted by atomic mass is 16.3. The van der Waals surface area contributed by atoms with Gasteiger partial charge in [0.05, 0.1) is 11.4 Å². The Labute approximate surface area is 307 Å². The molecule has 0 atom stereocenters. The lowest BCUT2D eigenvalue weighted by Gasteiger charge is -2.15. The quantitative estimate of drug-likeness (QED) is 0.176. The Morgan fingerprint density at radius 3 is 1.68 bits per heavy atom. The lowest BCUT2D eigenvalue weighted by Crippen LogP contribution is -1.97. The van der Waals surface area contributed by atoms with E-state index in [9.17, 15) is 0 Å². The van der Waals surface area contributed by atoms with Gasteiger partial charge in [-0.3, -0.25) is 0 Å². The van der Waals surface area contributed by atoms with Crippen molar-refractivity contribution in [1.82, 2.24) is 9.97 Å². The normalized spacial score (nSPS) is 11.4. The summed E-state index contributed by atoms with van der Waals surface area (Å²) in [6, 6.07) is 68.0. The van der Waals surface area contributed by atoms with Gasteiger partial charge < -0.3 is 4.42 Å². The van der Waals surface area contributed by atoms with Crippen LogP contribution in [-0.2, 0) is 0 Å². The largest absolute Gasteiger partial charge is 0.456 e. The molecule has 2 aromatic heterocycles. The van der Waals surface area contributed by atoms with Crippen LogP contribution in [0.1, 0.15) is 0 Å². The zero-order valence-electron chi connectivity index (χ0n) is 28.8. The van der Waals surface area contributed by atoms with Gasteiger partial charge in [0.1, 0.15) is 11.2 Å². The highest BCUT2D eigenvalue weighted by molar-refractivity contribution is 6.19. The number of nitrogens with zero attached hydrogens (tertiary/aromatic N) is 2. The summed E-state index contributed by atoms with van der Waals surface area (Å²) in [6.45, 7) is 0. The zero-order valence-corrected chi connectivity index (χ0v) is 28.8. The molecule has 10 aromatic rings. The van der Waals surface area contributed by atoms with E-state index in [0.29, 0.717) is 5.82 Å². The fourth-order valence-electron chi connectivity index (χ4n) is 7.49. The molecule has 0 radical (unpaired) electrons. The van der Waals surface area contributed by atoms with Gasteiger partial charge in [-0.25, -0.2) is 9.97 Å². The van der Waals surface area contributed by atoms with Crippen molar-refractivity contribution in [3.05, 3.63) is 194 Å². The maximum Gasteiger partial charge on any atom is 0.160 e. The summed E-state index contributed by atoms with van der Waals surface area (Å²) in [7, 11) is 0. The summed E-state index contributed by atoms with van der Waals surface area (Å²) in [5.74, 6) is 0.686. The predicted octanol–water partition coefficient (Wildman–Crippen LogP) is 13.5. The molecule has 0 unspecified atom stereocenters. The molecular weight excluding hydrogens is 645 g/mol. The monoisotopic (exact) mass is 676 g/mol. The van der Waals surface area contributed by atoms with E-state index in [1.54, 1.807) is 0 Å². The van der Waals surface area contributed by atoms with Crippen molar-refractivity contribution in [2.75, 3.05) is 0 Å². The van der Waals surface area contributed by atoms with E-state index in [0.717, 1.165) is 83.4 Å². The van der Waals surface area contributed by atoms with Gasteiger partial charge in [-0.1, -0.05) is 152 Å². The first-order valence-electron chi connectivity index (χ1n) is 17.9. The third-order valence-electron chi connectivity index (χ3n) is 10.1. The maximum absolute atomic E-state index is 6.37. The first kappa shape index (κ1) is 30.7. The van der Waals surface area contributed by atoms with Gasteiger partial charge in [0.2, 0.25) is 0 Å². The zero-order chi connectivity index (χ0) is 35.1. The van der Waals surface area contributed by atoms with Gasteiger partial charge in [0.25, 0.3) is 0 Å². The molecule has 0 aliphatic rings. The molecule has 3 nitrogen and oxygen atoms in total. The highest BCUT2D eigenvalue weighted by Crippen LogP contribution is 2.40. The molecule has 10 rings (SSSR count). The fourth-order valence-corrected chi connectivity index (χ4v) is 7.49. The molecule has 248 valence electrons. The van der Waals surface area contributed by atoms with Gasteiger partial charge in [-0.15, -0.1) is 0 Å². The van der Waals surface area contributed by atoms with Gasteiger partial charge in [0, 0.05) is 27.5 Å². The predicted molar refractivity (Wildman–Crippen MR) is 219 cm³/mol. The SMILES string of the molecule is c1ccc(-c2cc(-c3ccc4oc5ccc6ccccc6c5c4c3)cc(-c3cc(-c4ccccc4-c4ccccc4)nc(-c4ccccc4)n3)c2)cc1. The molecule has 8 aromatic carbocycles. The van der Waals surface area contributed by atoms with Crippen LogP contribution in [-0.4, -0.2) is 9.97 Å². The molecule has 0 fully saturated rings. The highest BCUT2D eigenvalue weighted by Gasteiger charge is 2.17. The second-order valence-corrected chi connectivity index (χ2v) is 13.4. The molecule has 0 bridgehead atoms. The Hall–Kier alpha value is -7.10. The first-order valence-corrected chi connectivity index (χ1v) is 17.9. The number of hydrogen-bond acceptors (Lipinski definition) is 3. The van der Waals surface area contributed by atoms with Crippen molar-refractivity contribution in [2.45, 2.75) is 0 Å². The Bertz CT molecular complexity index is 2930. The van der Waals surface area contributed by atoms with E-state index < -0.39 is 0 Å². The molecule has 3 heteroatoms. The molecular formula is C50H32N2O. The summed E-state index contributed by atoms with van der Waals surface area (Å²) in [4.78, 5) is 10.5. The first-order chi connectivity index (χ1) is 26.2. The molecule has 0 aliphatic carbocycles. The van der Waals surface area contributed by atoms with E-state index in [2.05, 4.69) is 176 Å². The van der Waals surface area contributed by atoms with Gasteiger partial charge in [-0.05, 0) is 86.6 Å². The Kier molecular flexibility index (Phi) is 7.47. The molecule has 0 amide bonds. The van der Waals surface area contributed by atoms with Crippen LogP contribution >= 0.6 is 0 Å². The van der Waals surface area contributed by atoms with E-state index in [1.165, 1.54) is 10.8 Å². The Balaban J connectivity index is 1.20. The van der Waals surface area contributed by atoms with Crippen molar-refractivity contribution < 1.29 is 4.42 Å². The van der Waals surface area contributed by atoms with Crippen LogP contribution in [0, 0.1) is 0 Å². The van der Waals surface area contributed by atoms with Crippen molar-refractivity contribution in [2.24, 2.45) is 0 Å². The third-order valence-corrected chi connectivity index (χ3v) is 10.1. The van der Waals surface area contributed by atoms with Crippen molar-refractivity contribution in [3.8, 4) is 67.3 Å². The number of fused-ring (bicyclic) bond motifs is 5. The molecule has 53 heavy (non-hydrogen) atoms. The van der Waals surface area contributed by atoms with Crippen LogP contribution in [0.3, 0.4) is 0 Å². The Morgan fingerprint density at radius 1 is 0.321 bits per heavy atom. The van der Waals surface area contributed by atoms with Gasteiger partial charge in [0.15, 0.2) is 5.82 Å². The van der Waals surface area contributed by atoms with Crippen LogP contribution in [0.2, 0.25) is 0 Å². The van der Waals surface area contributed by atoms with Crippen molar-refractivity contribution in [3.63, 3.8) is 0 Å². The number of furan rings is 1. The average Bonchev–Trinajstić information content (AvgIpc) is 3.63. The second kappa shape index (κ2) is 12.9. The summed E-state index contributed by atoms with van der Waals surface area (Å²) in [5.41, 5.74) is 13.3. The summed E-state index contributed by atoms with van der Waals surface area (Å²) >= 11 is 0. The van der Waals surface area contributed by atoms with E-state index >= 15 is 0 Å². The summed E-state index contributed by atoms with van der Waals surface area (Å²) in [6.07, 6.45) is 0. The lowest BCUT2D eigenvalue weighted by atomic mass is 9.93. The van der Waals surface area contributed by atoms with Crippen molar-refractivity contribution in [1.29, 1.82) is 0 Å². The van der Waals surface area contributed by atoms with Gasteiger partial charge in [-0.2, -0.15) is 0 Å².